The van der Waals surface area contributed by atoms with E-state index in [9.17, 15) is 33.3 Å². The van der Waals surface area contributed by atoms with Gasteiger partial charge < -0.3 is 29.4 Å². The molecule has 1 fully saturated rings. The quantitative estimate of drug-likeness (QED) is 0.180. The lowest BCUT2D eigenvalue weighted by atomic mass is 9.95. The molecular formula is C12H19N2O14P3. The number of ether oxygens (including phenoxy) is 1. The Morgan fingerprint density at radius 2 is 1.87 bits per heavy atom. The number of aliphatic hydroxyl groups is 1. The highest BCUT2D eigenvalue weighted by Gasteiger charge is 2.48. The van der Waals surface area contributed by atoms with E-state index >= 15 is 0 Å². The maximum absolute atomic E-state index is 12.0. The van der Waals surface area contributed by atoms with Gasteiger partial charge in [0.15, 0.2) is 0 Å². The molecule has 1 aromatic heterocycles. The van der Waals surface area contributed by atoms with Gasteiger partial charge in [-0.15, -0.1) is 6.58 Å². The number of nitrogens with one attached hydrogen (secondary N) is 1. The minimum atomic E-state index is -5.72. The largest absolute Gasteiger partial charge is 0.490 e. The summed E-state index contributed by atoms with van der Waals surface area (Å²) in [5, 5.41) is 10.6. The Labute approximate surface area is 173 Å². The van der Waals surface area contributed by atoms with Gasteiger partial charge in [0.25, 0.3) is 5.56 Å². The lowest BCUT2D eigenvalue weighted by Crippen LogP contribution is -2.38. The molecule has 0 saturated carbocycles. The zero-order valence-electron chi connectivity index (χ0n) is 15.6. The Balaban J connectivity index is 2.16. The second-order valence-corrected chi connectivity index (χ2v) is 10.8. The molecule has 6 N–H and O–H groups in total. The van der Waals surface area contributed by atoms with Crippen LogP contribution in [0.2, 0.25) is 0 Å². The van der Waals surface area contributed by atoms with Crippen molar-refractivity contribution in [3.05, 3.63) is 45.3 Å². The number of hydrogen-bond acceptors (Lipinski definition) is 10. The number of aromatic amines is 1. The number of H-pyrrole nitrogens is 1. The van der Waals surface area contributed by atoms with Crippen LogP contribution in [0.1, 0.15) is 18.2 Å². The first kappa shape index (κ1) is 26.0. The van der Waals surface area contributed by atoms with Crippen LogP contribution in [0.3, 0.4) is 0 Å². The van der Waals surface area contributed by atoms with Crippen LogP contribution in [0, 0.1) is 6.92 Å². The minimum absolute atomic E-state index is 0.155. The van der Waals surface area contributed by atoms with Crippen molar-refractivity contribution in [3.8, 4) is 0 Å². The van der Waals surface area contributed by atoms with Crippen molar-refractivity contribution in [3.63, 3.8) is 0 Å². The van der Waals surface area contributed by atoms with E-state index in [1.807, 2.05) is 4.98 Å². The lowest BCUT2D eigenvalue weighted by Gasteiger charge is -2.25. The van der Waals surface area contributed by atoms with Crippen LogP contribution in [-0.2, 0) is 31.6 Å². The van der Waals surface area contributed by atoms with Crippen LogP contribution in [0.25, 0.3) is 0 Å². The summed E-state index contributed by atoms with van der Waals surface area (Å²) in [5.74, 6) is 0. The molecule has 1 aliphatic heterocycles. The van der Waals surface area contributed by atoms with Gasteiger partial charge in [0, 0.05) is 18.2 Å². The van der Waals surface area contributed by atoms with E-state index in [1.165, 1.54) is 13.1 Å². The number of nitrogens with zero attached hydrogens (tertiary/aromatic N) is 1. The van der Waals surface area contributed by atoms with Gasteiger partial charge in [-0.1, -0.05) is 6.08 Å². The van der Waals surface area contributed by atoms with Gasteiger partial charge in [0.2, 0.25) is 0 Å². The molecule has 0 aliphatic carbocycles. The van der Waals surface area contributed by atoms with E-state index < -0.39 is 59.3 Å². The molecule has 0 amide bonds. The average molecular weight is 508 g/mol. The standard InChI is InChI=1S/C12H19N2O14P3/c1-3-12(17)4-9(14-5-7(2)10(15)13-11(14)16)26-8(12)6-25-30(21,22)28-31(23,24)27-29(18,19)20/h3,5,8-9,17H,1,4,6H2,2H3,(H,21,22)(H,23,24)(H,13,15,16)(H2,18,19,20)/t8-,9-,12+/m1/s1. The van der Waals surface area contributed by atoms with Crippen LogP contribution in [0.15, 0.2) is 28.4 Å². The van der Waals surface area contributed by atoms with Crippen molar-refractivity contribution in [2.75, 3.05) is 6.61 Å². The monoisotopic (exact) mass is 508 g/mol. The highest BCUT2D eigenvalue weighted by atomic mass is 31.3. The Kier molecular flexibility index (Phi) is 7.50. The van der Waals surface area contributed by atoms with Gasteiger partial charge in [0.1, 0.15) is 17.9 Å². The molecule has 2 unspecified atom stereocenters. The highest BCUT2D eigenvalue weighted by Crippen LogP contribution is 2.66. The summed E-state index contributed by atoms with van der Waals surface area (Å²) in [6, 6.07) is 0. The summed E-state index contributed by atoms with van der Waals surface area (Å²) >= 11 is 0. The van der Waals surface area contributed by atoms with Gasteiger partial charge >= 0.3 is 29.2 Å². The zero-order valence-corrected chi connectivity index (χ0v) is 18.3. The van der Waals surface area contributed by atoms with Crippen molar-refractivity contribution in [2.24, 2.45) is 0 Å². The van der Waals surface area contributed by atoms with Gasteiger partial charge in [-0.2, -0.15) is 8.62 Å². The summed E-state index contributed by atoms with van der Waals surface area (Å²) in [6.45, 7) is 3.86. The number of rotatable bonds is 9. The van der Waals surface area contributed by atoms with Crippen molar-refractivity contribution in [1.82, 2.24) is 9.55 Å². The molecule has 1 aliphatic rings. The lowest BCUT2D eigenvalue weighted by molar-refractivity contribution is -0.0640. The predicted octanol–water partition coefficient (Wildman–Crippen LogP) is -0.607. The second-order valence-electron chi connectivity index (χ2n) is 6.34. The molecule has 16 nitrogen and oxygen atoms in total. The predicted molar refractivity (Wildman–Crippen MR) is 99.6 cm³/mol. The molecule has 19 heteroatoms. The maximum Gasteiger partial charge on any atom is 0.490 e. The number of phosphoric ester groups is 1. The summed E-state index contributed by atoms with van der Waals surface area (Å²) in [6.07, 6.45) is -0.756. The normalized spacial score (nSPS) is 28.1. The zero-order chi connectivity index (χ0) is 23.8. The molecule has 0 spiro atoms. The van der Waals surface area contributed by atoms with Crippen molar-refractivity contribution < 1.29 is 56.3 Å². The van der Waals surface area contributed by atoms with Crippen molar-refractivity contribution >= 4 is 23.5 Å². The van der Waals surface area contributed by atoms with Gasteiger partial charge in [0.05, 0.1) is 6.61 Å². The molecule has 2 heterocycles. The van der Waals surface area contributed by atoms with E-state index in [1.54, 1.807) is 0 Å². The smallest absolute Gasteiger partial charge is 0.383 e. The third kappa shape index (κ3) is 6.86. The molecule has 176 valence electrons. The van der Waals surface area contributed by atoms with Crippen molar-refractivity contribution in [1.29, 1.82) is 0 Å². The average Bonchev–Trinajstić information content (AvgIpc) is 2.90. The molecule has 1 aromatic rings. The van der Waals surface area contributed by atoms with Crippen LogP contribution in [0.4, 0.5) is 0 Å². The number of aryl methyl sites for hydroxylation is 1. The number of hydrogen-bond donors (Lipinski definition) is 6. The molecule has 5 atom stereocenters. The van der Waals surface area contributed by atoms with E-state index in [0.29, 0.717) is 0 Å². The molecule has 31 heavy (non-hydrogen) atoms. The van der Waals surface area contributed by atoms with E-state index in [-0.39, 0.29) is 12.0 Å². The third-order valence-corrected chi connectivity index (χ3v) is 7.80. The first-order chi connectivity index (χ1) is 14.0. The van der Waals surface area contributed by atoms with E-state index in [2.05, 4.69) is 19.7 Å². The molecule has 1 saturated heterocycles. The topological polar surface area (TPSA) is 244 Å². The fraction of sp³-hybridized carbons (Fsp3) is 0.500. The van der Waals surface area contributed by atoms with Crippen LogP contribution in [-0.4, -0.2) is 52.5 Å². The molecule has 2 rings (SSSR count). The highest BCUT2D eigenvalue weighted by molar-refractivity contribution is 7.66. The Morgan fingerprint density at radius 3 is 2.42 bits per heavy atom. The first-order valence-electron chi connectivity index (χ1n) is 8.09. The number of aromatic nitrogens is 2. The fourth-order valence-corrected chi connectivity index (χ4v) is 5.61. The SMILES string of the molecule is C=C[C@]1(O)C[C@H](n2cc(C)c(=O)[nH]c2=O)O[C@@H]1COP(=O)(O)OP(=O)(O)OP(=O)(O)O. The maximum atomic E-state index is 12.0. The van der Waals surface area contributed by atoms with E-state index in [4.69, 9.17) is 19.4 Å². The molecule has 0 radical (unpaired) electrons. The minimum Gasteiger partial charge on any atom is -0.383 e. The Hall–Kier alpha value is -1.25. The summed E-state index contributed by atoms with van der Waals surface area (Å²) in [4.78, 5) is 61.2. The molecular weight excluding hydrogens is 489 g/mol. The Bertz CT molecular complexity index is 1110. The fourth-order valence-electron chi connectivity index (χ4n) is 2.59. The summed E-state index contributed by atoms with van der Waals surface area (Å²) < 4.78 is 51.9. The van der Waals surface area contributed by atoms with Crippen LogP contribution >= 0.6 is 23.5 Å². The van der Waals surface area contributed by atoms with Crippen LogP contribution < -0.4 is 11.2 Å². The number of phosphoric acid groups is 3. The molecule has 0 aromatic carbocycles. The molecule has 0 bridgehead atoms. The first-order valence-corrected chi connectivity index (χ1v) is 12.6. The van der Waals surface area contributed by atoms with E-state index in [0.717, 1.165) is 10.6 Å². The van der Waals surface area contributed by atoms with Gasteiger partial charge in [-0.05, 0) is 6.92 Å². The van der Waals surface area contributed by atoms with Crippen molar-refractivity contribution in [2.45, 2.75) is 31.3 Å². The summed E-state index contributed by atoms with van der Waals surface area (Å²) in [5.41, 5.74) is -3.26. The third-order valence-electron chi connectivity index (χ3n) is 4.00. The Morgan fingerprint density at radius 1 is 1.26 bits per heavy atom. The van der Waals surface area contributed by atoms with Crippen LogP contribution in [0.5, 0.6) is 0 Å². The second kappa shape index (κ2) is 8.94. The van der Waals surface area contributed by atoms with Gasteiger partial charge in [-0.3, -0.25) is 18.9 Å². The van der Waals surface area contributed by atoms with Gasteiger partial charge in [-0.25, -0.2) is 18.5 Å². The summed E-state index contributed by atoms with van der Waals surface area (Å²) in [7, 11) is -16.7.